The van der Waals surface area contributed by atoms with Crippen molar-refractivity contribution < 1.29 is 18.0 Å². The van der Waals surface area contributed by atoms with E-state index in [1.54, 1.807) is 19.1 Å². The highest BCUT2D eigenvalue weighted by Gasteiger charge is 2.40. The van der Waals surface area contributed by atoms with Crippen molar-refractivity contribution in [2.75, 3.05) is 0 Å². The number of carbonyl (C=O) groups excluding carboxylic acids is 1. The topological polar surface area (TPSA) is 46.9 Å². The maximum atomic E-state index is 13.8. The molecule has 1 atom stereocenters. The zero-order valence-electron chi connectivity index (χ0n) is 16.6. The summed E-state index contributed by atoms with van der Waals surface area (Å²) < 4.78 is 42.2. The number of hydrogen-bond acceptors (Lipinski definition) is 2. The van der Waals surface area contributed by atoms with Gasteiger partial charge in [0.15, 0.2) is 5.69 Å². The fourth-order valence-electron chi connectivity index (χ4n) is 3.25. The number of alkyl halides is 3. The maximum Gasteiger partial charge on any atom is 0.434 e. The molecule has 0 aliphatic carbocycles. The van der Waals surface area contributed by atoms with Crippen LogP contribution in [0.4, 0.5) is 13.2 Å². The van der Waals surface area contributed by atoms with Crippen molar-refractivity contribution in [3.8, 4) is 5.69 Å². The van der Waals surface area contributed by atoms with E-state index in [4.69, 9.17) is 0 Å². The third kappa shape index (κ3) is 4.34. The lowest BCUT2D eigenvalue weighted by atomic mass is 9.99. The summed E-state index contributed by atoms with van der Waals surface area (Å²) in [4.78, 5) is 12.7. The highest BCUT2D eigenvalue weighted by molar-refractivity contribution is 5.95. The molecule has 4 nitrogen and oxygen atoms in total. The first kappa shape index (κ1) is 20.6. The molecule has 0 aliphatic rings. The zero-order valence-corrected chi connectivity index (χ0v) is 16.6. The van der Waals surface area contributed by atoms with E-state index in [1.807, 2.05) is 39.0 Å². The molecule has 3 rings (SSSR count). The second kappa shape index (κ2) is 7.73. The van der Waals surface area contributed by atoms with Crippen LogP contribution in [0.3, 0.4) is 0 Å². The van der Waals surface area contributed by atoms with E-state index in [2.05, 4.69) is 10.4 Å². The van der Waals surface area contributed by atoms with Gasteiger partial charge in [0, 0.05) is 0 Å². The Morgan fingerprint density at radius 3 is 2.28 bits per heavy atom. The van der Waals surface area contributed by atoms with Gasteiger partial charge in [0.2, 0.25) is 0 Å². The monoisotopic (exact) mass is 401 g/mol. The number of aromatic nitrogens is 2. The minimum Gasteiger partial charge on any atom is -0.345 e. The molecular weight excluding hydrogens is 379 g/mol. The normalized spacial score (nSPS) is 12.7. The lowest BCUT2D eigenvalue weighted by molar-refractivity contribution is -0.143. The second-order valence-corrected chi connectivity index (χ2v) is 7.21. The van der Waals surface area contributed by atoms with Crippen LogP contribution in [0.5, 0.6) is 0 Å². The van der Waals surface area contributed by atoms with Gasteiger partial charge in [-0.1, -0.05) is 41.5 Å². The summed E-state index contributed by atoms with van der Waals surface area (Å²) in [5.74, 6) is -0.816. The van der Waals surface area contributed by atoms with Gasteiger partial charge >= 0.3 is 6.18 Å². The summed E-state index contributed by atoms with van der Waals surface area (Å²) in [6.45, 7) is 7.40. The SMILES string of the molecule is Cc1ccc(-n2ncc(C(=O)NC(C)c3cc(C)ccc3C)c2C(F)(F)F)cc1. The molecule has 1 unspecified atom stereocenters. The van der Waals surface area contributed by atoms with E-state index in [0.29, 0.717) is 0 Å². The van der Waals surface area contributed by atoms with Gasteiger partial charge in [-0.2, -0.15) is 18.3 Å². The maximum absolute atomic E-state index is 13.8. The minimum atomic E-state index is -4.74. The van der Waals surface area contributed by atoms with Crippen molar-refractivity contribution in [1.82, 2.24) is 15.1 Å². The first-order valence-corrected chi connectivity index (χ1v) is 9.18. The molecule has 0 aliphatic heterocycles. The van der Waals surface area contributed by atoms with Gasteiger partial charge in [-0.15, -0.1) is 0 Å². The molecule has 1 aromatic heterocycles. The van der Waals surface area contributed by atoms with Gasteiger partial charge in [0.25, 0.3) is 5.91 Å². The number of rotatable bonds is 4. The smallest absolute Gasteiger partial charge is 0.345 e. The minimum absolute atomic E-state index is 0.240. The lowest BCUT2D eigenvalue weighted by Gasteiger charge is -2.18. The van der Waals surface area contributed by atoms with Crippen molar-refractivity contribution in [3.63, 3.8) is 0 Å². The summed E-state index contributed by atoms with van der Waals surface area (Å²) in [5.41, 5.74) is 2.38. The van der Waals surface area contributed by atoms with Gasteiger partial charge in [-0.25, -0.2) is 4.68 Å². The summed E-state index contributed by atoms with van der Waals surface area (Å²) in [7, 11) is 0. The van der Waals surface area contributed by atoms with Crippen molar-refractivity contribution >= 4 is 5.91 Å². The molecule has 0 radical (unpaired) electrons. The van der Waals surface area contributed by atoms with Crippen molar-refractivity contribution in [1.29, 1.82) is 0 Å². The van der Waals surface area contributed by atoms with Crippen LogP contribution in [0.25, 0.3) is 5.69 Å². The largest absolute Gasteiger partial charge is 0.434 e. The molecule has 29 heavy (non-hydrogen) atoms. The number of nitrogens with one attached hydrogen (secondary N) is 1. The van der Waals surface area contributed by atoms with E-state index in [0.717, 1.165) is 33.1 Å². The van der Waals surface area contributed by atoms with Crippen molar-refractivity contribution in [3.05, 3.63) is 82.2 Å². The predicted molar refractivity (Wildman–Crippen MR) is 105 cm³/mol. The molecular formula is C22H22F3N3O. The number of benzene rings is 2. The van der Waals surface area contributed by atoms with Crippen molar-refractivity contribution in [2.24, 2.45) is 0 Å². The van der Waals surface area contributed by atoms with Crippen LogP contribution >= 0.6 is 0 Å². The number of aryl methyl sites for hydroxylation is 3. The highest BCUT2D eigenvalue weighted by atomic mass is 19.4. The molecule has 2 aromatic carbocycles. The Bertz CT molecular complexity index is 1040. The van der Waals surface area contributed by atoms with Crippen LogP contribution in [0.2, 0.25) is 0 Å². The quantitative estimate of drug-likeness (QED) is 0.644. The van der Waals surface area contributed by atoms with E-state index in [9.17, 15) is 18.0 Å². The Morgan fingerprint density at radius 2 is 1.66 bits per heavy atom. The fourth-order valence-corrected chi connectivity index (χ4v) is 3.25. The molecule has 1 N–H and O–H groups in total. The van der Waals surface area contributed by atoms with Crippen LogP contribution < -0.4 is 5.32 Å². The summed E-state index contributed by atoms with van der Waals surface area (Å²) in [5, 5.41) is 6.53. The average Bonchev–Trinajstić information content (AvgIpc) is 3.10. The van der Waals surface area contributed by atoms with E-state index in [-0.39, 0.29) is 5.69 Å². The molecule has 0 spiro atoms. The van der Waals surface area contributed by atoms with Crippen LogP contribution in [0.1, 0.15) is 51.3 Å². The molecule has 0 saturated heterocycles. The second-order valence-electron chi connectivity index (χ2n) is 7.21. The first-order chi connectivity index (χ1) is 13.6. The number of amides is 1. The Labute approximate surface area is 167 Å². The van der Waals surface area contributed by atoms with Gasteiger partial charge in [-0.3, -0.25) is 4.79 Å². The fraction of sp³-hybridized carbons (Fsp3) is 0.273. The average molecular weight is 401 g/mol. The summed E-state index contributed by atoms with van der Waals surface area (Å²) in [6.07, 6.45) is -3.77. The molecule has 3 aromatic rings. The third-order valence-corrected chi connectivity index (χ3v) is 4.81. The Morgan fingerprint density at radius 1 is 1.03 bits per heavy atom. The van der Waals surface area contributed by atoms with Crippen molar-refractivity contribution in [2.45, 2.75) is 39.9 Å². The molecule has 152 valence electrons. The van der Waals surface area contributed by atoms with E-state index in [1.165, 1.54) is 12.1 Å². The van der Waals surface area contributed by atoms with Crippen LogP contribution in [0.15, 0.2) is 48.7 Å². The Hall–Kier alpha value is -3.09. The van der Waals surface area contributed by atoms with Gasteiger partial charge in [0.1, 0.15) is 0 Å². The number of hydrogen-bond donors (Lipinski definition) is 1. The number of carbonyl (C=O) groups is 1. The molecule has 1 heterocycles. The summed E-state index contributed by atoms with van der Waals surface area (Å²) in [6, 6.07) is 11.8. The first-order valence-electron chi connectivity index (χ1n) is 9.18. The Kier molecular flexibility index (Phi) is 5.50. The molecule has 0 bridgehead atoms. The highest BCUT2D eigenvalue weighted by Crippen LogP contribution is 2.34. The number of nitrogens with zero attached hydrogens (tertiary/aromatic N) is 2. The predicted octanol–water partition coefficient (Wildman–Crippen LogP) is 5.31. The van der Waals surface area contributed by atoms with Gasteiger partial charge in [0.05, 0.1) is 23.5 Å². The van der Waals surface area contributed by atoms with Crippen LogP contribution in [-0.4, -0.2) is 15.7 Å². The van der Waals surface area contributed by atoms with Gasteiger partial charge < -0.3 is 5.32 Å². The molecule has 1 amide bonds. The van der Waals surface area contributed by atoms with E-state index < -0.39 is 29.4 Å². The number of halogens is 3. The third-order valence-electron chi connectivity index (χ3n) is 4.81. The Balaban J connectivity index is 1.96. The zero-order chi connectivity index (χ0) is 21.3. The van der Waals surface area contributed by atoms with E-state index >= 15 is 0 Å². The lowest BCUT2D eigenvalue weighted by Crippen LogP contribution is -2.29. The van der Waals surface area contributed by atoms with Crippen LogP contribution in [0, 0.1) is 20.8 Å². The molecule has 7 heteroatoms. The summed E-state index contributed by atoms with van der Waals surface area (Å²) >= 11 is 0. The van der Waals surface area contributed by atoms with Crippen LogP contribution in [-0.2, 0) is 6.18 Å². The standard InChI is InChI=1S/C22H22F3N3O/c1-13-6-9-17(10-7-13)28-20(22(23,24)25)19(12-26-28)21(29)27-16(4)18-11-14(2)5-8-15(18)3/h5-12,16H,1-4H3,(H,27,29). The van der Waals surface area contributed by atoms with Gasteiger partial charge in [-0.05, 0) is 51.0 Å². The molecule has 0 fully saturated rings. The molecule has 0 saturated carbocycles.